The van der Waals surface area contributed by atoms with Gasteiger partial charge in [0.2, 0.25) is 5.82 Å². The van der Waals surface area contributed by atoms with Crippen LogP contribution in [0.3, 0.4) is 0 Å². The molecule has 2 aliphatic rings. The molecule has 2 aromatic heterocycles. The van der Waals surface area contributed by atoms with Crippen molar-refractivity contribution >= 4 is 45.7 Å². The third-order valence-corrected chi connectivity index (χ3v) is 7.60. The fraction of sp³-hybridized carbons (Fsp3) is 0.650. The van der Waals surface area contributed by atoms with Gasteiger partial charge in [-0.3, -0.25) is 9.69 Å². The van der Waals surface area contributed by atoms with Crippen LogP contribution in [0.4, 0.5) is 5.82 Å². The van der Waals surface area contributed by atoms with E-state index in [1.54, 1.807) is 11.3 Å². The second-order valence-electron chi connectivity index (χ2n) is 7.55. The third kappa shape index (κ3) is 4.84. The second-order valence-corrected chi connectivity index (χ2v) is 9.86. The van der Waals surface area contributed by atoms with Crippen LogP contribution in [0.2, 0.25) is 0 Å². The van der Waals surface area contributed by atoms with Crippen molar-refractivity contribution in [1.82, 2.24) is 25.1 Å². The largest absolute Gasteiger partial charge is 0.354 e. The first kappa shape index (κ1) is 20.8. The predicted molar refractivity (Wildman–Crippen MR) is 123 cm³/mol. The van der Waals surface area contributed by atoms with E-state index in [1.165, 1.54) is 4.88 Å². The monoisotopic (exact) mass is 434 g/mol. The number of nitrogens with zero attached hydrogens (tertiary/aromatic N) is 5. The van der Waals surface area contributed by atoms with Crippen molar-refractivity contribution in [2.45, 2.75) is 13.8 Å². The maximum absolute atomic E-state index is 12.8. The Labute approximate surface area is 180 Å². The first-order valence-corrected chi connectivity index (χ1v) is 12.5. The molecule has 0 aliphatic carbocycles. The van der Waals surface area contributed by atoms with Crippen molar-refractivity contribution < 1.29 is 4.79 Å². The van der Waals surface area contributed by atoms with Gasteiger partial charge in [-0.05, 0) is 13.5 Å². The van der Waals surface area contributed by atoms with Gasteiger partial charge >= 0.3 is 0 Å². The molecule has 1 amide bonds. The number of carbonyl (C=O) groups is 1. The van der Waals surface area contributed by atoms with Crippen molar-refractivity contribution in [3.63, 3.8) is 0 Å². The number of piperazine rings is 1. The van der Waals surface area contributed by atoms with Crippen LogP contribution < -0.4 is 10.2 Å². The summed E-state index contributed by atoms with van der Waals surface area (Å²) in [6, 6.07) is 0. The number of carbonyl (C=O) groups excluding carboxylic acids is 1. The van der Waals surface area contributed by atoms with Crippen molar-refractivity contribution in [3.05, 3.63) is 16.1 Å². The van der Waals surface area contributed by atoms with Crippen LogP contribution in [0.5, 0.6) is 0 Å². The average molecular weight is 435 g/mol. The van der Waals surface area contributed by atoms with E-state index in [9.17, 15) is 4.79 Å². The fourth-order valence-corrected chi connectivity index (χ4v) is 5.61. The molecule has 0 aromatic carbocycles. The van der Waals surface area contributed by atoms with Gasteiger partial charge in [-0.25, -0.2) is 9.97 Å². The molecule has 158 valence electrons. The first-order chi connectivity index (χ1) is 14.2. The second kappa shape index (κ2) is 9.59. The van der Waals surface area contributed by atoms with E-state index < -0.39 is 0 Å². The SMILES string of the molecule is CCN1CCN(CCNC(=O)c2nc(N3CCSCC3)c3c(C)scc3n2)CC1. The summed E-state index contributed by atoms with van der Waals surface area (Å²) in [5.41, 5.74) is 0.886. The van der Waals surface area contributed by atoms with Crippen LogP contribution >= 0.6 is 23.1 Å². The fourth-order valence-electron chi connectivity index (χ4n) is 3.93. The van der Waals surface area contributed by atoms with Crippen molar-refractivity contribution in [2.75, 3.05) is 75.3 Å². The summed E-state index contributed by atoms with van der Waals surface area (Å²) in [6.45, 7) is 13.2. The summed E-state index contributed by atoms with van der Waals surface area (Å²) in [4.78, 5) is 30.5. The maximum atomic E-state index is 12.8. The minimum absolute atomic E-state index is 0.171. The topological polar surface area (TPSA) is 64.6 Å². The maximum Gasteiger partial charge on any atom is 0.289 e. The molecule has 7 nitrogen and oxygen atoms in total. The third-order valence-electron chi connectivity index (χ3n) is 5.76. The van der Waals surface area contributed by atoms with Crippen LogP contribution in [0.15, 0.2) is 5.38 Å². The number of aryl methyl sites for hydroxylation is 1. The van der Waals surface area contributed by atoms with E-state index in [-0.39, 0.29) is 5.91 Å². The van der Waals surface area contributed by atoms with Gasteiger partial charge in [0.1, 0.15) is 5.82 Å². The normalized spacial score (nSPS) is 19.0. The number of thiophene rings is 1. The van der Waals surface area contributed by atoms with E-state index in [2.05, 4.69) is 38.8 Å². The Balaban J connectivity index is 1.42. The number of thioether (sulfide) groups is 1. The minimum atomic E-state index is -0.171. The molecule has 2 aromatic rings. The van der Waals surface area contributed by atoms with E-state index in [1.807, 2.05) is 17.1 Å². The number of rotatable bonds is 6. The Morgan fingerprint density at radius 2 is 1.83 bits per heavy atom. The summed E-state index contributed by atoms with van der Waals surface area (Å²) in [6.07, 6.45) is 0. The van der Waals surface area contributed by atoms with E-state index in [0.29, 0.717) is 12.4 Å². The molecule has 0 bridgehead atoms. The molecule has 0 spiro atoms. The number of fused-ring (bicyclic) bond motifs is 1. The van der Waals surface area contributed by atoms with Gasteiger partial charge in [0.15, 0.2) is 0 Å². The van der Waals surface area contributed by atoms with Crippen LogP contribution in [0.25, 0.3) is 10.9 Å². The summed E-state index contributed by atoms with van der Waals surface area (Å²) in [5, 5.41) is 6.18. The molecule has 0 unspecified atom stereocenters. The number of hydrogen-bond acceptors (Lipinski definition) is 8. The number of aromatic nitrogens is 2. The molecule has 2 fully saturated rings. The van der Waals surface area contributed by atoms with Gasteiger partial charge in [0.05, 0.1) is 10.9 Å². The summed E-state index contributed by atoms with van der Waals surface area (Å²) >= 11 is 3.65. The molecule has 4 rings (SSSR count). The Bertz CT molecular complexity index is 843. The summed E-state index contributed by atoms with van der Waals surface area (Å²) in [7, 11) is 0. The van der Waals surface area contributed by atoms with Gasteiger partial charge in [-0.1, -0.05) is 6.92 Å². The Morgan fingerprint density at radius 1 is 1.10 bits per heavy atom. The van der Waals surface area contributed by atoms with E-state index >= 15 is 0 Å². The van der Waals surface area contributed by atoms with Gasteiger partial charge in [-0.15, -0.1) is 11.3 Å². The molecule has 2 saturated heterocycles. The van der Waals surface area contributed by atoms with Gasteiger partial charge in [-0.2, -0.15) is 11.8 Å². The highest BCUT2D eigenvalue weighted by molar-refractivity contribution is 7.99. The highest BCUT2D eigenvalue weighted by atomic mass is 32.2. The number of amides is 1. The number of nitrogens with one attached hydrogen (secondary N) is 1. The number of hydrogen-bond donors (Lipinski definition) is 1. The van der Waals surface area contributed by atoms with Gasteiger partial charge < -0.3 is 15.1 Å². The van der Waals surface area contributed by atoms with Crippen molar-refractivity contribution in [1.29, 1.82) is 0 Å². The zero-order chi connectivity index (χ0) is 20.2. The zero-order valence-corrected chi connectivity index (χ0v) is 18.9. The lowest BCUT2D eigenvalue weighted by Crippen LogP contribution is -2.48. The molecular formula is C20H30N6OS2. The van der Waals surface area contributed by atoms with Crippen LogP contribution in [0, 0.1) is 6.92 Å². The Kier molecular flexibility index (Phi) is 6.89. The van der Waals surface area contributed by atoms with Crippen LogP contribution in [-0.4, -0.2) is 96.1 Å². The van der Waals surface area contributed by atoms with Crippen molar-refractivity contribution in [3.8, 4) is 0 Å². The molecule has 0 radical (unpaired) electrons. The molecule has 29 heavy (non-hydrogen) atoms. The number of anilines is 1. The Morgan fingerprint density at radius 3 is 2.55 bits per heavy atom. The standard InChI is InChI=1S/C20H30N6OS2/c1-3-24-6-8-25(9-7-24)5-4-21-20(27)18-22-16-14-29-15(2)17(16)19(23-18)26-10-12-28-13-11-26/h14H,3-13H2,1-2H3,(H,21,27). The smallest absolute Gasteiger partial charge is 0.289 e. The van der Waals surface area contributed by atoms with Gasteiger partial charge in [0, 0.05) is 74.1 Å². The molecular weight excluding hydrogens is 404 g/mol. The lowest BCUT2D eigenvalue weighted by atomic mass is 10.2. The summed E-state index contributed by atoms with van der Waals surface area (Å²) in [5.74, 6) is 3.24. The first-order valence-electron chi connectivity index (χ1n) is 10.5. The average Bonchev–Trinajstić information content (AvgIpc) is 3.15. The lowest BCUT2D eigenvalue weighted by Gasteiger charge is -2.33. The van der Waals surface area contributed by atoms with E-state index in [0.717, 1.165) is 80.6 Å². The van der Waals surface area contributed by atoms with Crippen LogP contribution in [-0.2, 0) is 0 Å². The highest BCUT2D eigenvalue weighted by Gasteiger charge is 2.22. The van der Waals surface area contributed by atoms with Gasteiger partial charge in [0.25, 0.3) is 5.91 Å². The quantitative estimate of drug-likeness (QED) is 0.745. The van der Waals surface area contributed by atoms with Crippen LogP contribution in [0.1, 0.15) is 22.4 Å². The highest BCUT2D eigenvalue weighted by Crippen LogP contribution is 2.32. The number of likely N-dealkylation sites (N-methyl/N-ethyl adjacent to an activating group) is 1. The molecule has 0 saturated carbocycles. The lowest BCUT2D eigenvalue weighted by molar-refractivity contribution is 0.0928. The summed E-state index contributed by atoms with van der Waals surface area (Å²) < 4.78 is 0. The Hall–Kier alpha value is -1.42. The predicted octanol–water partition coefficient (Wildman–Crippen LogP) is 1.92. The molecule has 2 aliphatic heterocycles. The molecule has 4 heterocycles. The van der Waals surface area contributed by atoms with E-state index in [4.69, 9.17) is 4.98 Å². The zero-order valence-electron chi connectivity index (χ0n) is 17.3. The minimum Gasteiger partial charge on any atom is -0.354 e. The molecule has 1 N–H and O–H groups in total. The van der Waals surface area contributed by atoms with Crippen molar-refractivity contribution in [2.24, 2.45) is 0 Å². The molecule has 9 heteroatoms. The molecule has 0 atom stereocenters.